The van der Waals surface area contributed by atoms with E-state index in [4.69, 9.17) is 9.47 Å². The average molecular weight is 394 g/mol. The van der Waals surface area contributed by atoms with Gasteiger partial charge in [0, 0.05) is 0 Å². The molecule has 3 aromatic rings. The molecular weight excluding hydrogens is 376 g/mol. The first-order chi connectivity index (χ1) is 13.6. The number of hydrogen-bond acceptors (Lipinski definition) is 6. The molecule has 6 nitrogen and oxygen atoms in total. The van der Waals surface area contributed by atoms with Gasteiger partial charge in [-0.05, 0) is 60.3 Å². The van der Waals surface area contributed by atoms with Gasteiger partial charge < -0.3 is 9.47 Å². The Bertz CT molecular complexity index is 949. The number of ether oxygens (including phenoxy) is 2. The van der Waals surface area contributed by atoms with E-state index in [0.29, 0.717) is 16.4 Å². The van der Waals surface area contributed by atoms with Gasteiger partial charge in [-0.2, -0.15) is 5.10 Å². The van der Waals surface area contributed by atoms with E-state index in [9.17, 15) is 9.59 Å². The highest BCUT2D eigenvalue weighted by molar-refractivity contribution is 7.12. The summed E-state index contributed by atoms with van der Waals surface area (Å²) in [6.07, 6.45) is 1.49. The van der Waals surface area contributed by atoms with E-state index >= 15 is 0 Å². The third-order valence-electron chi connectivity index (χ3n) is 3.61. The summed E-state index contributed by atoms with van der Waals surface area (Å²) in [5, 5.41) is 5.70. The first-order valence-corrected chi connectivity index (χ1v) is 9.35. The number of aryl methyl sites for hydroxylation is 1. The first-order valence-electron chi connectivity index (χ1n) is 8.47. The molecule has 142 valence electrons. The molecule has 0 unspecified atom stereocenters. The number of hydrogen-bond donors (Lipinski definition) is 1. The topological polar surface area (TPSA) is 77.0 Å². The van der Waals surface area contributed by atoms with Crippen molar-refractivity contribution < 1.29 is 19.1 Å². The van der Waals surface area contributed by atoms with Crippen molar-refractivity contribution >= 4 is 29.4 Å². The molecule has 2 aromatic carbocycles. The molecule has 0 spiro atoms. The highest BCUT2D eigenvalue weighted by Gasteiger charge is 2.09. The lowest BCUT2D eigenvalue weighted by Gasteiger charge is -2.05. The predicted molar refractivity (Wildman–Crippen MR) is 108 cm³/mol. The number of esters is 1. The van der Waals surface area contributed by atoms with Crippen molar-refractivity contribution in [2.45, 2.75) is 6.92 Å². The van der Waals surface area contributed by atoms with E-state index in [1.165, 1.54) is 17.6 Å². The summed E-state index contributed by atoms with van der Waals surface area (Å²) in [7, 11) is 0. The van der Waals surface area contributed by atoms with Crippen LogP contribution in [-0.4, -0.2) is 24.7 Å². The predicted octanol–water partition coefficient (Wildman–Crippen LogP) is 3.80. The maximum Gasteiger partial charge on any atom is 0.353 e. The third-order valence-corrected chi connectivity index (χ3v) is 4.46. The largest absolute Gasteiger partial charge is 0.484 e. The monoisotopic (exact) mass is 394 g/mol. The number of nitrogens with zero attached hydrogens (tertiary/aromatic N) is 1. The fourth-order valence-corrected chi connectivity index (χ4v) is 2.77. The molecule has 3 rings (SSSR count). The molecule has 0 aliphatic heterocycles. The van der Waals surface area contributed by atoms with Gasteiger partial charge in [0.05, 0.1) is 6.21 Å². The van der Waals surface area contributed by atoms with Crippen LogP contribution >= 0.6 is 11.3 Å². The summed E-state index contributed by atoms with van der Waals surface area (Å²) < 4.78 is 10.7. The van der Waals surface area contributed by atoms with Crippen molar-refractivity contribution in [2.24, 2.45) is 5.10 Å². The Balaban J connectivity index is 1.44. The second-order valence-corrected chi connectivity index (χ2v) is 6.78. The van der Waals surface area contributed by atoms with Gasteiger partial charge >= 0.3 is 5.97 Å². The third kappa shape index (κ3) is 5.78. The van der Waals surface area contributed by atoms with Crippen LogP contribution in [0, 0.1) is 6.92 Å². The van der Waals surface area contributed by atoms with Crippen LogP contribution in [0.25, 0.3) is 0 Å². The van der Waals surface area contributed by atoms with Crippen molar-refractivity contribution in [3.63, 3.8) is 0 Å². The number of amides is 1. The van der Waals surface area contributed by atoms with Crippen molar-refractivity contribution in [1.29, 1.82) is 0 Å². The van der Waals surface area contributed by atoms with Crippen LogP contribution in [0.5, 0.6) is 11.5 Å². The number of rotatable bonds is 7. The standard InChI is InChI=1S/C21H18N2O4S/c1-15-4-8-17(9-5-15)26-14-20(24)23-22-13-16-6-10-18(11-7-16)27-21(25)19-3-2-12-28-19/h2-13H,14H2,1H3,(H,23,24)/b22-13+. The average Bonchev–Trinajstić information content (AvgIpc) is 3.24. The summed E-state index contributed by atoms with van der Waals surface area (Å²) in [5.74, 6) is 0.305. The Hall–Kier alpha value is -3.45. The fourth-order valence-electron chi connectivity index (χ4n) is 2.17. The Labute approximate surface area is 166 Å². The Morgan fingerprint density at radius 3 is 2.43 bits per heavy atom. The normalized spacial score (nSPS) is 10.6. The molecule has 0 saturated heterocycles. The Morgan fingerprint density at radius 2 is 1.75 bits per heavy atom. The van der Waals surface area contributed by atoms with Crippen LogP contribution in [-0.2, 0) is 4.79 Å². The maximum absolute atomic E-state index is 11.9. The molecule has 0 fully saturated rings. The highest BCUT2D eigenvalue weighted by Crippen LogP contribution is 2.16. The maximum atomic E-state index is 11.9. The number of carbonyl (C=O) groups excluding carboxylic acids is 2. The summed E-state index contributed by atoms with van der Waals surface area (Å²) >= 11 is 1.32. The number of carbonyl (C=O) groups is 2. The summed E-state index contributed by atoms with van der Waals surface area (Å²) in [6.45, 7) is 1.85. The van der Waals surface area contributed by atoms with E-state index in [2.05, 4.69) is 10.5 Å². The SMILES string of the molecule is Cc1ccc(OCC(=O)N/N=C/c2ccc(OC(=O)c3cccs3)cc2)cc1. The van der Waals surface area contributed by atoms with Crippen molar-refractivity contribution in [2.75, 3.05) is 6.61 Å². The van der Waals surface area contributed by atoms with Crippen LogP contribution < -0.4 is 14.9 Å². The molecule has 7 heteroatoms. The lowest BCUT2D eigenvalue weighted by Crippen LogP contribution is -2.24. The Morgan fingerprint density at radius 1 is 1.04 bits per heavy atom. The van der Waals surface area contributed by atoms with Crippen LogP contribution in [0.15, 0.2) is 71.1 Å². The highest BCUT2D eigenvalue weighted by atomic mass is 32.1. The smallest absolute Gasteiger partial charge is 0.353 e. The van der Waals surface area contributed by atoms with Crippen molar-refractivity contribution in [3.05, 3.63) is 82.0 Å². The van der Waals surface area contributed by atoms with E-state index in [1.54, 1.807) is 48.5 Å². The molecule has 28 heavy (non-hydrogen) atoms. The fraction of sp³-hybridized carbons (Fsp3) is 0.0952. The summed E-state index contributed by atoms with van der Waals surface area (Å²) in [6, 6.07) is 17.7. The Kier molecular flexibility index (Phi) is 6.54. The van der Waals surface area contributed by atoms with E-state index in [-0.39, 0.29) is 12.5 Å². The molecule has 1 amide bonds. The van der Waals surface area contributed by atoms with Gasteiger partial charge in [-0.15, -0.1) is 11.3 Å². The molecule has 0 radical (unpaired) electrons. The van der Waals surface area contributed by atoms with Gasteiger partial charge in [0.15, 0.2) is 6.61 Å². The van der Waals surface area contributed by atoms with Crippen LogP contribution in [0.2, 0.25) is 0 Å². The second kappa shape index (κ2) is 9.48. The number of hydrazone groups is 1. The van der Waals surface area contributed by atoms with Crippen LogP contribution in [0.1, 0.15) is 20.8 Å². The van der Waals surface area contributed by atoms with Gasteiger partial charge in [0.1, 0.15) is 16.4 Å². The molecular formula is C21H18N2O4S. The van der Waals surface area contributed by atoms with Gasteiger partial charge in [-0.3, -0.25) is 4.79 Å². The van der Waals surface area contributed by atoms with E-state index < -0.39 is 5.97 Å². The zero-order chi connectivity index (χ0) is 19.8. The van der Waals surface area contributed by atoms with Crippen molar-refractivity contribution in [1.82, 2.24) is 5.43 Å². The minimum Gasteiger partial charge on any atom is -0.484 e. The molecule has 1 N–H and O–H groups in total. The van der Waals surface area contributed by atoms with Gasteiger partial charge in [0.25, 0.3) is 5.91 Å². The minimum absolute atomic E-state index is 0.127. The second-order valence-electron chi connectivity index (χ2n) is 5.83. The zero-order valence-electron chi connectivity index (χ0n) is 15.1. The molecule has 0 saturated carbocycles. The van der Waals surface area contributed by atoms with Gasteiger partial charge in [-0.25, -0.2) is 10.2 Å². The van der Waals surface area contributed by atoms with Crippen LogP contribution in [0.4, 0.5) is 0 Å². The number of benzene rings is 2. The lowest BCUT2D eigenvalue weighted by molar-refractivity contribution is -0.123. The van der Waals surface area contributed by atoms with Gasteiger partial charge in [-0.1, -0.05) is 23.8 Å². The minimum atomic E-state index is -0.391. The number of thiophene rings is 1. The van der Waals surface area contributed by atoms with Crippen molar-refractivity contribution in [3.8, 4) is 11.5 Å². The van der Waals surface area contributed by atoms with Crippen LogP contribution in [0.3, 0.4) is 0 Å². The van der Waals surface area contributed by atoms with E-state index in [1.807, 2.05) is 24.4 Å². The molecule has 1 aromatic heterocycles. The summed E-state index contributed by atoms with van der Waals surface area (Å²) in [5.41, 5.74) is 4.26. The van der Waals surface area contributed by atoms with E-state index in [0.717, 1.165) is 11.1 Å². The molecule has 0 aliphatic carbocycles. The molecule has 0 atom stereocenters. The lowest BCUT2D eigenvalue weighted by atomic mass is 10.2. The molecule has 0 aliphatic rings. The quantitative estimate of drug-likeness (QED) is 0.286. The van der Waals surface area contributed by atoms with Gasteiger partial charge in [0.2, 0.25) is 0 Å². The zero-order valence-corrected chi connectivity index (χ0v) is 15.9. The summed E-state index contributed by atoms with van der Waals surface area (Å²) in [4.78, 5) is 24.2. The molecule has 0 bridgehead atoms. The first kappa shape index (κ1) is 19.3. The number of nitrogens with one attached hydrogen (secondary N) is 1. The molecule has 1 heterocycles.